The van der Waals surface area contributed by atoms with Gasteiger partial charge in [-0.15, -0.1) is 24.5 Å². The molecule has 2 saturated heterocycles. The smallest absolute Gasteiger partial charge is 0.508 e. The third kappa shape index (κ3) is 5.18. The first-order valence-corrected chi connectivity index (χ1v) is 17.5. The number of imide groups is 2. The number of fused-ring (bicyclic) bond motifs is 4. The van der Waals surface area contributed by atoms with Gasteiger partial charge in [-0.1, -0.05) is 65.7 Å². The lowest BCUT2D eigenvalue weighted by Gasteiger charge is -2.50. The number of ether oxygens (including phenoxy) is 1. The first kappa shape index (κ1) is 33.2. The van der Waals surface area contributed by atoms with Crippen LogP contribution in [0.3, 0.4) is 0 Å². The van der Waals surface area contributed by atoms with Crippen LogP contribution in [-0.4, -0.2) is 40.0 Å². The highest BCUT2D eigenvalue weighted by atomic mass is 35.5. The Morgan fingerprint density at radius 2 is 1.69 bits per heavy atom. The number of benzene rings is 3. The maximum absolute atomic E-state index is 15.3. The van der Waals surface area contributed by atoms with Crippen LogP contribution in [0.1, 0.15) is 34.8 Å². The molecular formula is C38H28ClF3N2O6S. The van der Waals surface area contributed by atoms with Crippen molar-refractivity contribution < 1.29 is 42.2 Å². The second-order valence-corrected chi connectivity index (χ2v) is 14.7. The van der Waals surface area contributed by atoms with E-state index in [4.69, 9.17) is 11.6 Å². The van der Waals surface area contributed by atoms with Gasteiger partial charge in [0.2, 0.25) is 23.6 Å². The van der Waals surface area contributed by atoms with Crippen LogP contribution >= 0.6 is 22.9 Å². The molecule has 0 spiro atoms. The first-order valence-electron chi connectivity index (χ1n) is 16.3. The van der Waals surface area contributed by atoms with E-state index in [9.17, 15) is 32.7 Å². The van der Waals surface area contributed by atoms with Gasteiger partial charge in [-0.2, -0.15) is 0 Å². The first-order chi connectivity index (χ1) is 24.4. The van der Waals surface area contributed by atoms with Crippen LogP contribution in [0.4, 0.5) is 18.9 Å². The van der Waals surface area contributed by atoms with Crippen molar-refractivity contribution in [3.63, 3.8) is 0 Å². The quantitative estimate of drug-likeness (QED) is 0.164. The number of carbonyl (C=O) groups excluding carboxylic acids is 4. The Balaban J connectivity index is 1.36. The summed E-state index contributed by atoms with van der Waals surface area (Å²) in [7, 11) is 0. The third-order valence-corrected chi connectivity index (χ3v) is 11.8. The minimum absolute atomic E-state index is 0.00853. The summed E-state index contributed by atoms with van der Waals surface area (Å²) in [5, 5.41) is 13.6. The zero-order valence-corrected chi connectivity index (χ0v) is 28.1. The van der Waals surface area contributed by atoms with Crippen LogP contribution in [0, 0.1) is 23.7 Å². The monoisotopic (exact) mass is 732 g/mol. The predicted octanol–water partition coefficient (Wildman–Crippen LogP) is 7.37. The molecule has 0 radical (unpaired) electrons. The number of allylic oxidation sites excluding steroid dienone is 2. The summed E-state index contributed by atoms with van der Waals surface area (Å²) in [6, 6.07) is 21.4. The second kappa shape index (κ2) is 12.1. The molecule has 3 aromatic carbocycles. The van der Waals surface area contributed by atoms with Gasteiger partial charge < -0.3 is 9.84 Å². The Morgan fingerprint density at radius 1 is 0.902 bits per heavy atom. The Labute approximate surface area is 298 Å². The van der Waals surface area contributed by atoms with Crippen molar-refractivity contribution in [2.45, 2.75) is 37.1 Å². The normalized spacial score (nSPS) is 27.3. The molecule has 6 unspecified atom stereocenters. The van der Waals surface area contributed by atoms with Gasteiger partial charge in [0.05, 0.1) is 35.4 Å². The number of phenolic OH excluding ortho intramolecular Hbond substituents is 1. The lowest BCUT2D eigenvalue weighted by molar-refractivity contribution is -0.274. The number of amides is 4. The molecule has 1 aromatic heterocycles. The molecule has 8 rings (SSSR count). The number of phenols is 1. The van der Waals surface area contributed by atoms with Crippen molar-refractivity contribution >= 4 is 52.3 Å². The van der Waals surface area contributed by atoms with Gasteiger partial charge in [-0.3, -0.25) is 24.1 Å². The number of carbonyl (C=O) groups is 4. The lowest BCUT2D eigenvalue weighted by atomic mass is 9.49. The Morgan fingerprint density at radius 3 is 2.39 bits per heavy atom. The summed E-state index contributed by atoms with van der Waals surface area (Å²) in [4.78, 5) is 61.2. The van der Waals surface area contributed by atoms with Crippen LogP contribution in [-0.2, 0) is 31.1 Å². The molecule has 4 aromatic rings. The average Bonchev–Trinajstić information content (AvgIpc) is 3.76. The fourth-order valence-electron chi connectivity index (χ4n) is 8.83. The molecule has 2 aliphatic heterocycles. The van der Waals surface area contributed by atoms with Crippen molar-refractivity contribution in [2.24, 2.45) is 23.7 Å². The molecule has 4 aliphatic rings. The second-order valence-electron chi connectivity index (χ2n) is 13.2. The fourth-order valence-corrected chi connectivity index (χ4v) is 9.71. The number of hydrogen-bond donors (Lipinski definition) is 1. The molecule has 8 nitrogen and oxygen atoms in total. The molecular weight excluding hydrogens is 705 g/mol. The van der Waals surface area contributed by atoms with E-state index < -0.39 is 70.6 Å². The Hall–Kier alpha value is -4.94. The van der Waals surface area contributed by atoms with Crippen LogP contribution in [0.5, 0.6) is 11.5 Å². The Bertz CT molecular complexity index is 2120. The minimum Gasteiger partial charge on any atom is -0.508 e. The molecule has 3 fully saturated rings. The van der Waals surface area contributed by atoms with E-state index in [0.29, 0.717) is 11.1 Å². The molecule has 1 saturated carbocycles. The van der Waals surface area contributed by atoms with Gasteiger partial charge in [-0.05, 0) is 72.2 Å². The highest BCUT2D eigenvalue weighted by molar-refractivity contribution is 7.09. The maximum atomic E-state index is 15.3. The van der Waals surface area contributed by atoms with E-state index in [2.05, 4.69) is 4.74 Å². The standard InChI is InChI=1S/C38H28ClF3N2O6S/c39-21-8-4-9-22(16-21)44-34(47)29-18-27-25(12-13-26-31(27)35(48)43(33(26)46)19-24-10-5-15-51-24)32(37(29,36(44)49)20-6-2-1-3-7-20)28-17-23(11-14-30(28)45)50-38(40,41)42/h1-12,14-17,26-27,29,31-32,45H,13,18-19H2. The molecule has 13 heteroatoms. The van der Waals surface area contributed by atoms with Gasteiger partial charge in [-0.25, -0.2) is 4.90 Å². The SMILES string of the molecule is O=C1C2CC=C3C(CC4C(=O)N(c5cccc(Cl)c5)C(=O)C4(c4ccccc4)C3c3cc(OC(F)(F)F)ccc3O)C2C(=O)N1Cc1cccs1. The van der Waals surface area contributed by atoms with Gasteiger partial charge in [0.15, 0.2) is 0 Å². The van der Waals surface area contributed by atoms with E-state index in [-0.39, 0.29) is 41.6 Å². The van der Waals surface area contributed by atoms with Crippen molar-refractivity contribution in [2.75, 3.05) is 4.90 Å². The summed E-state index contributed by atoms with van der Waals surface area (Å²) in [6.45, 7) is 0.0861. The largest absolute Gasteiger partial charge is 0.573 e. The molecule has 1 N–H and O–H groups in total. The van der Waals surface area contributed by atoms with Gasteiger partial charge in [0, 0.05) is 21.4 Å². The van der Waals surface area contributed by atoms with E-state index in [1.54, 1.807) is 54.6 Å². The highest BCUT2D eigenvalue weighted by Gasteiger charge is 2.70. The number of hydrogen-bond acceptors (Lipinski definition) is 7. The summed E-state index contributed by atoms with van der Waals surface area (Å²) in [5.41, 5.74) is -0.778. The van der Waals surface area contributed by atoms with E-state index >= 15 is 4.79 Å². The summed E-state index contributed by atoms with van der Waals surface area (Å²) < 4.78 is 44.9. The number of alkyl halides is 3. The van der Waals surface area contributed by atoms with E-state index in [1.165, 1.54) is 22.3 Å². The molecule has 260 valence electrons. The molecule has 51 heavy (non-hydrogen) atoms. The number of thiophene rings is 1. The Kier molecular flexibility index (Phi) is 7.87. The van der Waals surface area contributed by atoms with Crippen LogP contribution in [0.25, 0.3) is 0 Å². The maximum Gasteiger partial charge on any atom is 0.573 e. The number of aromatic hydroxyl groups is 1. The van der Waals surface area contributed by atoms with E-state index in [1.807, 2.05) is 17.5 Å². The van der Waals surface area contributed by atoms with Crippen molar-refractivity contribution in [3.8, 4) is 11.5 Å². The van der Waals surface area contributed by atoms with Crippen LogP contribution < -0.4 is 9.64 Å². The van der Waals surface area contributed by atoms with Gasteiger partial charge >= 0.3 is 6.36 Å². The van der Waals surface area contributed by atoms with Crippen LogP contribution in [0.2, 0.25) is 5.02 Å². The average molecular weight is 733 g/mol. The highest BCUT2D eigenvalue weighted by Crippen LogP contribution is 2.65. The number of rotatable bonds is 6. The van der Waals surface area contributed by atoms with Crippen molar-refractivity contribution in [1.82, 2.24) is 4.90 Å². The summed E-state index contributed by atoms with van der Waals surface area (Å²) >= 11 is 7.73. The zero-order chi connectivity index (χ0) is 35.8. The van der Waals surface area contributed by atoms with Crippen molar-refractivity contribution in [1.29, 1.82) is 0 Å². The summed E-state index contributed by atoms with van der Waals surface area (Å²) in [6.07, 6.45) is -3.18. The molecule has 4 amide bonds. The molecule has 3 heterocycles. The number of likely N-dealkylation sites (tertiary alicyclic amines) is 1. The molecule has 2 aliphatic carbocycles. The van der Waals surface area contributed by atoms with Gasteiger partial charge in [0.25, 0.3) is 0 Å². The number of nitrogens with zero attached hydrogens (tertiary/aromatic N) is 2. The topological polar surface area (TPSA) is 104 Å². The minimum atomic E-state index is -5.06. The van der Waals surface area contributed by atoms with Gasteiger partial charge in [0.1, 0.15) is 11.5 Å². The molecule has 6 atom stereocenters. The van der Waals surface area contributed by atoms with E-state index in [0.717, 1.165) is 28.0 Å². The number of anilines is 1. The fraction of sp³-hybridized carbons (Fsp3) is 0.263. The summed E-state index contributed by atoms with van der Waals surface area (Å²) in [5.74, 6) is -7.86. The molecule has 0 bridgehead atoms. The zero-order valence-electron chi connectivity index (χ0n) is 26.5. The van der Waals surface area contributed by atoms with Crippen LogP contribution in [0.15, 0.2) is 102 Å². The third-order valence-electron chi connectivity index (χ3n) is 10.7. The number of halogens is 4. The lowest BCUT2D eigenvalue weighted by Crippen LogP contribution is -2.53. The van der Waals surface area contributed by atoms with Crippen molar-refractivity contribution in [3.05, 3.63) is 123 Å². The predicted molar refractivity (Wildman–Crippen MR) is 181 cm³/mol.